The molecule has 0 unspecified atom stereocenters. The number of nitrogens with zero attached hydrogens (tertiary/aromatic N) is 3. The molecule has 0 aliphatic rings. The van der Waals surface area contributed by atoms with Crippen molar-refractivity contribution in [1.82, 2.24) is 14.8 Å². The number of aromatic nitrogens is 3. The van der Waals surface area contributed by atoms with Crippen molar-refractivity contribution < 1.29 is 31.8 Å². The number of hydrogen-bond acceptors (Lipinski definition) is 5. The maximum atomic E-state index is 10.3. The Morgan fingerprint density at radius 2 is 2.20 bits per heavy atom. The van der Waals surface area contributed by atoms with Crippen molar-refractivity contribution in [1.29, 1.82) is 0 Å². The number of rotatable bonds is 5. The SMILES string of the molecule is CCc1nncn1CCCS(=O)(=O)[O-].[Li+]. The fourth-order valence-electron chi connectivity index (χ4n) is 1.15. The van der Waals surface area contributed by atoms with Crippen LogP contribution in [-0.2, 0) is 23.1 Å². The molecule has 0 atom stereocenters. The van der Waals surface area contributed by atoms with E-state index in [2.05, 4.69) is 10.2 Å². The van der Waals surface area contributed by atoms with Crippen LogP contribution < -0.4 is 18.9 Å². The van der Waals surface area contributed by atoms with Gasteiger partial charge < -0.3 is 9.12 Å². The van der Waals surface area contributed by atoms with Crippen LogP contribution in [0, 0.1) is 0 Å². The van der Waals surface area contributed by atoms with E-state index < -0.39 is 10.1 Å². The Kier molecular flexibility index (Phi) is 6.13. The summed E-state index contributed by atoms with van der Waals surface area (Å²) in [6.45, 7) is 2.41. The van der Waals surface area contributed by atoms with Gasteiger partial charge in [0.15, 0.2) is 0 Å². The normalized spacial score (nSPS) is 11.1. The fraction of sp³-hybridized carbons (Fsp3) is 0.714. The van der Waals surface area contributed by atoms with Crippen LogP contribution in [0.15, 0.2) is 6.33 Å². The Morgan fingerprint density at radius 1 is 1.53 bits per heavy atom. The summed E-state index contributed by atoms with van der Waals surface area (Å²) in [5, 5.41) is 7.53. The Labute approximate surface area is 101 Å². The molecule has 8 heteroatoms. The first-order chi connectivity index (χ1) is 6.53. The van der Waals surface area contributed by atoms with Gasteiger partial charge in [0, 0.05) is 18.7 Å². The molecule has 1 aromatic heterocycles. The molecule has 6 nitrogen and oxygen atoms in total. The average Bonchev–Trinajstić information content (AvgIpc) is 2.49. The second-order valence-electron chi connectivity index (χ2n) is 2.91. The molecule has 15 heavy (non-hydrogen) atoms. The Bertz CT molecular complexity index is 390. The minimum atomic E-state index is -4.10. The molecule has 0 aromatic carbocycles. The van der Waals surface area contributed by atoms with E-state index in [0.29, 0.717) is 13.0 Å². The Balaban J connectivity index is 0.00000196. The van der Waals surface area contributed by atoms with Crippen LogP contribution in [0.5, 0.6) is 0 Å². The molecule has 0 aliphatic carbocycles. The van der Waals surface area contributed by atoms with Crippen LogP contribution >= 0.6 is 0 Å². The van der Waals surface area contributed by atoms with Crippen molar-refractivity contribution in [3.8, 4) is 0 Å². The van der Waals surface area contributed by atoms with Crippen LogP contribution in [-0.4, -0.2) is 33.5 Å². The van der Waals surface area contributed by atoms with Gasteiger partial charge in [0.1, 0.15) is 12.2 Å². The molecule has 0 saturated heterocycles. The molecule has 0 bridgehead atoms. The van der Waals surface area contributed by atoms with Crippen LogP contribution in [0.2, 0.25) is 0 Å². The van der Waals surface area contributed by atoms with Gasteiger partial charge >= 0.3 is 18.9 Å². The van der Waals surface area contributed by atoms with Gasteiger partial charge in [-0.2, -0.15) is 0 Å². The van der Waals surface area contributed by atoms with Gasteiger partial charge in [-0.15, -0.1) is 10.2 Å². The van der Waals surface area contributed by atoms with E-state index in [1.54, 1.807) is 4.57 Å². The number of aryl methyl sites for hydroxylation is 2. The van der Waals surface area contributed by atoms with E-state index in [9.17, 15) is 13.0 Å². The maximum absolute atomic E-state index is 10.3. The molecule has 0 saturated carbocycles. The monoisotopic (exact) mass is 225 g/mol. The summed E-state index contributed by atoms with van der Waals surface area (Å²) in [6, 6.07) is 0. The molecule has 1 aromatic rings. The van der Waals surface area contributed by atoms with Gasteiger partial charge in [-0.1, -0.05) is 6.92 Å². The third-order valence-electron chi connectivity index (χ3n) is 1.81. The summed E-state index contributed by atoms with van der Waals surface area (Å²) in [6.07, 6.45) is 2.58. The zero-order valence-electron chi connectivity index (χ0n) is 8.88. The van der Waals surface area contributed by atoms with Crippen LogP contribution in [0.25, 0.3) is 0 Å². The second-order valence-corrected chi connectivity index (χ2v) is 4.43. The molecule has 0 aliphatic heterocycles. The van der Waals surface area contributed by atoms with Gasteiger partial charge in [-0.05, 0) is 6.42 Å². The van der Waals surface area contributed by atoms with Gasteiger partial charge in [0.25, 0.3) is 0 Å². The summed E-state index contributed by atoms with van der Waals surface area (Å²) in [5.41, 5.74) is 0. The van der Waals surface area contributed by atoms with E-state index in [0.717, 1.165) is 12.2 Å². The topological polar surface area (TPSA) is 87.9 Å². The molecule has 80 valence electrons. The summed E-state index contributed by atoms with van der Waals surface area (Å²) >= 11 is 0. The quantitative estimate of drug-likeness (QED) is 0.388. The first kappa shape index (κ1) is 14.6. The second kappa shape index (κ2) is 6.28. The van der Waals surface area contributed by atoms with Gasteiger partial charge in [-0.3, -0.25) is 0 Å². The third kappa shape index (κ3) is 5.32. The standard InChI is InChI=1S/C7H13N3O3S.Li/c1-2-7-9-8-6-10(7)4-3-5-14(11,12)13;/h6H,2-5H2,1H3,(H,11,12,13);/q;+1/p-1. The van der Waals surface area contributed by atoms with E-state index >= 15 is 0 Å². The van der Waals surface area contributed by atoms with Gasteiger partial charge in [0.2, 0.25) is 0 Å². The minimum absolute atomic E-state index is 0. The van der Waals surface area contributed by atoms with E-state index in [-0.39, 0.29) is 24.6 Å². The summed E-state index contributed by atoms with van der Waals surface area (Å²) in [4.78, 5) is 0. The van der Waals surface area contributed by atoms with Crippen molar-refractivity contribution in [3.63, 3.8) is 0 Å². The molecule has 0 spiro atoms. The van der Waals surface area contributed by atoms with Gasteiger partial charge in [-0.25, -0.2) is 8.42 Å². The predicted octanol–water partition coefficient (Wildman–Crippen LogP) is -3.22. The van der Waals surface area contributed by atoms with Crippen molar-refractivity contribution >= 4 is 10.1 Å². The van der Waals surface area contributed by atoms with Crippen molar-refractivity contribution in [2.24, 2.45) is 0 Å². The average molecular weight is 225 g/mol. The predicted molar refractivity (Wildman–Crippen MR) is 48.6 cm³/mol. The zero-order valence-corrected chi connectivity index (χ0v) is 9.70. The Morgan fingerprint density at radius 3 is 2.73 bits per heavy atom. The molecular formula is C7H12LiN3O3S. The summed E-state index contributed by atoms with van der Waals surface area (Å²) in [5.74, 6) is 0.460. The summed E-state index contributed by atoms with van der Waals surface area (Å²) < 4.78 is 32.7. The smallest absolute Gasteiger partial charge is 0.748 e. The first-order valence-electron chi connectivity index (χ1n) is 4.33. The van der Waals surface area contributed by atoms with Crippen LogP contribution in [0.3, 0.4) is 0 Å². The fourth-order valence-corrected chi connectivity index (χ4v) is 1.63. The molecular weight excluding hydrogens is 213 g/mol. The van der Waals surface area contributed by atoms with Gasteiger partial charge in [0.05, 0.1) is 10.1 Å². The van der Waals surface area contributed by atoms with Crippen molar-refractivity contribution in [2.75, 3.05) is 5.75 Å². The summed E-state index contributed by atoms with van der Waals surface area (Å²) in [7, 11) is -4.10. The largest absolute Gasteiger partial charge is 1.00 e. The zero-order chi connectivity index (χ0) is 10.6. The molecule has 0 radical (unpaired) electrons. The Hall–Kier alpha value is -0.353. The van der Waals surface area contributed by atoms with Crippen molar-refractivity contribution in [3.05, 3.63) is 12.2 Å². The van der Waals surface area contributed by atoms with Crippen molar-refractivity contribution in [2.45, 2.75) is 26.3 Å². The minimum Gasteiger partial charge on any atom is -0.748 e. The first-order valence-corrected chi connectivity index (χ1v) is 5.91. The van der Waals surface area contributed by atoms with E-state index in [4.69, 9.17) is 0 Å². The molecule has 0 N–H and O–H groups in total. The molecule has 0 fully saturated rings. The van der Waals surface area contributed by atoms with E-state index in [1.165, 1.54) is 6.33 Å². The molecule has 1 rings (SSSR count). The molecule has 0 amide bonds. The van der Waals surface area contributed by atoms with E-state index in [1.807, 2.05) is 6.92 Å². The van der Waals surface area contributed by atoms with Crippen LogP contribution in [0.1, 0.15) is 19.2 Å². The maximum Gasteiger partial charge on any atom is 1.00 e. The molecule has 1 heterocycles. The number of hydrogen-bond donors (Lipinski definition) is 0. The van der Waals surface area contributed by atoms with Crippen LogP contribution in [0.4, 0.5) is 0 Å². The third-order valence-corrected chi connectivity index (χ3v) is 2.59.